The standard InChI is InChI=1S/C7H6O2.C4H4S/c8-6-9-7-4-2-1-3-5-7;1-2-4-5-3-1/h1-6H;1-4H. The summed E-state index contributed by atoms with van der Waals surface area (Å²) in [6.45, 7) is 0.412. The van der Waals surface area contributed by atoms with E-state index in [4.69, 9.17) is 0 Å². The Hall–Kier alpha value is -1.61. The predicted molar refractivity (Wildman–Crippen MR) is 57.5 cm³/mol. The molecular formula is C11H10O2S. The summed E-state index contributed by atoms with van der Waals surface area (Å²) in [4.78, 5) is 9.75. The van der Waals surface area contributed by atoms with Crippen LogP contribution in [-0.2, 0) is 4.79 Å². The topological polar surface area (TPSA) is 26.3 Å². The van der Waals surface area contributed by atoms with Crippen molar-refractivity contribution < 1.29 is 9.53 Å². The molecule has 0 saturated carbocycles. The van der Waals surface area contributed by atoms with Gasteiger partial charge in [0.1, 0.15) is 5.75 Å². The summed E-state index contributed by atoms with van der Waals surface area (Å²) < 4.78 is 4.53. The molecular weight excluding hydrogens is 196 g/mol. The Morgan fingerprint density at radius 3 is 2.07 bits per heavy atom. The molecule has 1 aromatic carbocycles. The molecule has 2 aromatic rings. The number of ether oxygens (including phenoxy) is 1. The quantitative estimate of drug-likeness (QED) is 0.706. The monoisotopic (exact) mass is 206 g/mol. The maximum atomic E-state index is 9.75. The molecule has 0 fully saturated rings. The van der Waals surface area contributed by atoms with Crippen molar-refractivity contribution in [3.05, 3.63) is 53.2 Å². The first-order valence-corrected chi connectivity index (χ1v) is 5.00. The third kappa shape index (κ3) is 4.42. The number of carbonyl (C=O) groups excluding carboxylic acids is 1. The molecule has 14 heavy (non-hydrogen) atoms. The molecule has 0 N–H and O–H groups in total. The maximum Gasteiger partial charge on any atom is 0.298 e. The van der Waals surface area contributed by atoms with Crippen molar-refractivity contribution in [2.75, 3.05) is 0 Å². The van der Waals surface area contributed by atoms with Crippen LogP contribution in [0.25, 0.3) is 0 Å². The van der Waals surface area contributed by atoms with Crippen LogP contribution in [0.5, 0.6) is 5.75 Å². The zero-order valence-corrected chi connectivity index (χ0v) is 8.31. The second-order valence-electron chi connectivity index (χ2n) is 2.32. The summed E-state index contributed by atoms with van der Waals surface area (Å²) in [6, 6.07) is 12.9. The summed E-state index contributed by atoms with van der Waals surface area (Å²) >= 11 is 1.71. The summed E-state index contributed by atoms with van der Waals surface area (Å²) in [6.07, 6.45) is 0. The highest BCUT2D eigenvalue weighted by Crippen LogP contribution is 2.05. The van der Waals surface area contributed by atoms with Crippen molar-refractivity contribution in [2.24, 2.45) is 0 Å². The molecule has 0 atom stereocenters. The van der Waals surface area contributed by atoms with Crippen LogP contribution < -0.4 is 4.74 Å². The van der Waals surface area contributed by atoms with Gasteiger partial charge in [-0.15, -0.1) is 0 Å². The van der Waals surface area contributed by atoms with Crippen LogP contribution in [0.2, 0.25) is 0 Å². The number of thiophene rings is 1. The molecule has 0 aliphatic carbocycles. The third-order valence-corrected chi connectivity index (χ3v) is 1.98. The van der Waals surface area contributed by atoms with Gasteiger partial charge >= 0.3 is 0 Å². The van der Waals surface area contributed by atoms with E-state index in [1.54, 1.807) is 35.6 Å². The number of carbonyl (C=O) groups is 1. The van der Waals surface area contributed by atoms with E-state index in [2.05, 4.69) is 4.74 Å². The Morgan fingerprint density at radius 2 is 1.64 bits per heavy atom. The summed E-state index contributed by atoms with van der Waals surface area (Å²) in [5.74, 6) is 0.576. The van der Waals surface area contributed by atoms with Crippen molar-refractivity contribution in [1.29, 1.82) is 0 Å². The lowest BCUT2D eigenvalue weighted by Crippen LogP contribution is -1.85. The van der Waals surface area contributed by atoms with E-state index in [1.807, 2.05) is 29.0 Å². The first kappa shape index (κ1) is 10.5. The molecule has 0 saturated heterocycles. The Balaban J connectivity index is 0.000000165. The van der Waals surface area contributed by atoms with Gasteiger partial charge in [0.2, 0.25) is 0 Å². The van der Waals surface area contributed by atoms with Crippen LogP contribution in [0, 0.1) is 0 Å². The Bertz CT molecular complexity index is 312. The van der Waals surface area contributed by atoms with Crippen LogP contribution in [0.15, 0.2) is 53.2 Å². The Labute approximate surface area is 86.8 Å². The van der Waals surface area contributed by atoms with E-state index >= 15 is 0 Å². The molecule has 1 aromatic heterocycles. The van der Waals surface area contributed by atoms with E-state index in [1.165, 1.54) is 0 Å². The lowest BCUT2D eigenvalue weighted by Gasteiger charge is -1.92. The molecule has 0 radical (unpaired) electrons. The lowest BCUT2D eigenvalue weighted by atomic mass is 10.3. The van der Waals surface area contributed by atoms with Crippen LogP contribution in [0.4, 0.5) is 0 Å². The minimum Gasteiger partial charge on any atom is -0.429 e. The Morgan fingerprint density at radius 1 is 1.00 bits per heavy atom. The van der Waals surface area contributed by atoms with E-state index in [0.717, 1.165) is 0 Å². The molecule has 0 amide bonds. The van der Waals surface area contributed by atoms with Gasteiger partial charge < -0.3 is 4.74 Å². The lowest BCUT2D eigenvalue weighted by molar-refractivity contribution is -0.120. The van der Waals surface area contributed by atoms with Gasteiger partial charge in [-0.25, -0.2) is 0 Å². The van der Waals surface area contributed by atoms with Gasteiger partial charge in [0, 0.05) is 0 Å². The van der Waals surface area contributed by atoms with Crippen LogP contribution in [0.3, 0.4) is 0 Å². The molecule has 72 valence electrons. The number of hydrogen-bond acceptors (Lipinski definition) is 3. The summed E-state index contributed by atoms with van der Waals surface area (Å²) in [7, 11) is 0. The molecule has 3 heteroatoms. The fraction of sp³-hybridized carbons (Fsp3) is 0. The molecule has 0 unspecified atom stereocenters. The highest BCUT2D eigenvalue weighted by molar-refractivity contribution is 7.07. The average Bonchev–Trinajstić information content (AvgIpc) is 2.78. The Kier molecular flexibility index (Phi) is 5.13. The van der Waals surface area contributed by atoms with Gasteiger partial charge in [-0.1, -0.05) is 30.3 Å². The van der Waals surface area contributed by atoms with Gasteiger partial charge in [-0.2, -0.15) is 11.3 Å². The predicted octanol–water partition coefficient (Wildman–Crippen LogP) is 2.97. The molecule has 2 nitrogen and oxygen atoms in total. The molecule has 0 spiro atoms. The normalized spacial score (nSPS) is 8.29. The zero-order chi connectivity index (χ0) is 10.1. The number of rotatable bonds is 2. The van der Waals surface area contributed by atoms with E-state index in [0.29, 0.717) is 12.2 Å². The highest BCUT2D eigenvalue weighted by atomic mass is 32.1. The van der Waals surface area contributed by atoms with Crippen LogP contribution in [-0.4, -0.2) is 6.47 Å². The second kappa shape index (κ2) is 6.86. The first-order chi connectivity index (χ1) is 6.93. The molecule has 0 aliphatic heterocycles. The van der Waals surface area contributed by atoms with E-state index in [9.17, 15) is 4.79 Å². The maximum absolute atomic E-state index is 9.75. The van der Waals surface area contributed by atoms with Crippen LogP contribution >= 0.6 is 11.3 Å². The minimum atomic E-state index is 0.412. The molecule has 1 heterocycles. The van der Waals surface area contributed by atoms with Gasteiger partial charge in [0.25, 0.3) is 6.47 Å². The van der Waals surface area contributed by atoms with Crippen molar-refractivity contribution in [3.8, 4) is 5.75 Å². The van der Waals surface area contributed by atoms with E-state index in [-0.39, 0.29) is 0 Å². The van der Waals surface area contributed by atoms with Gasteiger partial charge in [-0.05, 0) is 22.9 Å². The fourth-order valence-electron chi connectivity index (χ4n) is 0.781. The van der Waals surface area contributed by atoms with Crippen LogP contribution in [0.1, 0.15) is 0 Å². The van der Waals surface area contributed by atoms with Gasteiger partial charge in [0.15, 0.2) is 0 Å². The largest absolute Gasteiger partial charge is 0.429 e. The average molecular weight is 206 g/mol. The minimum absolute atomic E-state index is 0.412. The fourth-order valence-corrected chi connectivity index (χ4v) is 1.24. The number of benzene rings is 1. The van der Waals surface area contributed by atoms with Crippen molar-refractivity contribution >= 4 is 17.8 Å². The highest BCUT2D eigenvalue weighted by Gasteiger charge is 1.84. The van der Waals surface area contributed by atoms with Gasteiger partial charge in [-0.3, -0.25) is 4.79 Å². The summed E-state index contributed by atoms with van der Waals surface area (Å²) in [5.41, 5.74) is 0. The molecule has 0 aliphatic rings. The smallest absolute Gasteiger partial charge is 0.298 e. The molecule has 0 bridgehead atoms. The van der Waals surface area contributed by atoms with Crippen molar-refractivity contribution in [1.82, 2.24) is 0 Å². The molecule has 2 rings (SSSR count). The van der Waals surface area contributed by atoms with E-state index < -0.39 is 0 Å². The number of hydrogen-bond donors (Lipinski definition) is 0. The third-order valence-electron chi connectivity index (χ3n) is 1.35. The first-order valence-electron chi connectivity index (χ1n) is 4.06. The number of para-hydroxylation sites is 1. The van der Waals surface area contributed by atoms with Crippen molar-refractivity contribution in [3.63, 3.8) is 0 Å². The van der Waals surface area contributed by atoms with Crippen molar-refractivity contribution in [2.45, 2.75) is 0 Å². The van der Waals surface area contributed by atoms with Gasteiger partial charge in [0.05, 0.1) is 0 Å². The summed E-state index contributed by atoms with van der Waals surface area (Å²) in [5, 5.41) is 4.08. The second-order valence-corrected chi connectivity index (χ2v) is 3.14. The SMILES string of the molecule is O=COc1ccccc1.c1ccsc1. The zero-order valence-electron chi connectivity index (χ0n) is 7.50.